The maximum Gasteiger partial charge on any atom is 0.270 e. The van der Waals surface area contributed by atoms with Crippen molar-refractivity contribution in [3.8, 4) is 0 Å². The Labute approximate surface area is 160 Å². The lowest BCUT2D eigenvalue weighted by atomic mass is 10.3. The van der Waals surface area contributed by atoms with E-state index in [0.717, 1.165) is 0 Å². The summed E-state index contributed by atoms with van der Waals surface area (Å²) in [5, 5.41) is 0.645. The predicted octanol–water partition coefficient (Wildman–Crippen LogP) is 3.12. The summed E-state index contributed by atoms with van der Waals surface area (Å²) in [6, 6.07) is 7.76. The molecule has 1 N–H and O–H groups in total. The molecule has 0 unspecified atom stereocenters. The molecule has 1 fully saturated rings. The fraction of sp³-hybridized carbons (Fsp3) is 0.267. The molecule has 6 nitrogen and oxygen atoms in total. The van der Waals surface area contributed by atoms with Crippen LogP contribution in [0.4, 0.5) is 0 Å². The zero-order valence-electron chi connectivity index (χ0n) is 12.9. The molecule has 1 aromatic carbocycles. The van der Waals surface area contributed by atoms with Crippen molar-refractivity contribution >= 4 is 50.7 Å². The number of carbonyl (C=O) groups is 1. The minimum atomic E-state index is -3.70. The molecule has 0 atom stereocenters. The zero-order chi connectivity index (χ0) is 18.2. The molecule has 0 spiro atoms. The minimum Gasteiger partial charge on any atom is -0.340 e. The van der Waals surface area contributed by atoms with Crippen molar-refractivity contribution in [3.63, 3.8) is 0 Å². The van der Waals surface area contributed by atoms with Crippen LogP contribution in [-0.2, 0) is 10.0 Å². The van der Waals surface area contributed by atoms with Crippen LogP contribution in [0.5, 0.6) is 0 Å². The molecule has 2 heterocycles. The van der Waals surface area contributed by atoms with Gasteiger partial charge in [-0.15, -0.1) is 0 Å². The fourth-order valence-electron chi connectivity index (χ4n) is 2.61. The number of amides is 1. The number of piperazine rings is 1. The molecule has 1 aliphatic heterocycles. The summed E-state index contributed by atoms with van der Waals surface area (Å²) in [7, 11) is -3.70. The summed E-state index contributed by atoms with van der Waals surface area (Å²) in [5.41, 5.74) is 0.275. The van der Waals surface area contributed by atoms with Gasteiger partial charge in [-0.3, -0.25) is 4.79 Å². The maximum atomic E-state index is 12.7. The van der Waals surface area contributed by atoms with Gasteiger partial charge in [-0.25, -0.2) is 8.42 Å². The minimum absolute atomic E-state index is 0.0689. The number of nitrogens with one attached hydrogen (secondary N) is 1. The van der Waals surface area contributed by atoms with Crippen molar-refractivity contribution in [1.82, 2.24) is 14.2 Å². The van der Waals surface area contributed by atoms with Crippen molar-refractivity contribution in [3.05, 3.63) is 51.2 Å². The SMILES string of the molecule is O=C(c1cc(Cl)c(Cl)[nH]1)N1CCN(S(=O)(=O)c2ccccc2Cl)CC1. The molecule has 10 heteroatoms. The normalized spacial score (nSPS) is 16.2. The average Bonchev–Trinajstić information content (AvgIpc) is 2.93. The fourth-order valence-corrected chi connectivity index (χ4v) is 4.84. The standard InChI is InChI=1S/C15H14Cl3N3O3S/c16-10-3-1-2-4-13(10)25(23,24)21-7-5-20(6-8-21)15(22)12-9-11(17)14(18)19-12/h1-4,9,19H,5-8H2. The molecule has 0 radical (unpaired) electrons. The van der Waals surface area contributed by atoms with E-state index in [9.17, 15) is 13.2 Å². The molecular weight excluding hydrogens is 409 g/mol. The highest BCUT2D eigenvalue weighted by Gasteiger charge is 2.32. The number of hydrogen-bond acceptors (Lipinski definition) is 3. The monoisotopic (exact) mass is 421 g/mol. The lowest BCUT2D eigenvalue weighted by molar-refractivity contribution is 0.0692. The number of halogens is 3. The van der Waals surface area contributed by atoms with Crippen LogP contribution < -0.4 is 0 Å². The van der Waals surface area contributed by atoms with Crippen LogP contribution in [0.25, 0.3) is 0 Å². The number of hydrogen-bond donors (Lipinski definition) is 1. The Hall–Kier alpha value is -1.25. The number of aromatic amines is 1. The lowest BCUT2D eigenvalue weighted by Gasteiger charge is -2.33. The third kappa shape index (κ3) is 3.66. The van der Waals surface area contributed by atoms with E-state index in [1.54, 1.807) is 17.0 Å². The predicted molar refractivity (Wildman–Crippen MR) is 96.9 cm³/mol. The molecule has 1 saturated heterocycles. The van der Waals surface area contributed by atoms with Gasteiger partial charge in [-0.1, -0.05) is 46.9 Å². The van der Waals surface area contributed by atoms with Crippen molar-refractivity contribution in [2.24, 2.45) is 0 Å². The Kier molecular flexibility index (Phi) is 5.31. The average molecular weight is 423 g/mol. The van der Waals surface area contributed by atoms with Gasteiger partial charge in [-0.2, -0.15) is 4.31 Å². The van der Waals surface area contributed by atoms with Gasteiger partial charge >= 0.3 is 0 Å². The van der Waals surface area contributed by atoms with Crippen LogP contribution in [0.1, 0.15) is 10.5 Å². The van der Waals surface area contributed by atoms with Crippen LogP contribution in [0, 0.1) is 0 Å². The third-order valence-corrected chi connectivity index (χ3v) is 7.03. The first-order valence-corrected chi connectivity index (χ1v) is 9.96. The van der Waals surface area contributed by atoms with E-state index in [0.29, 0.717) is 0 Å². The van der Waals surface area contributed by atoms with E-state index >= 15 is 0 Å². The summed E-state index contributed by atoms with van der Waals surface area (Å²) >= 11 is 17.7. The first-order chi connectivity index (χ1) is 11.8. The molecular formula is C15H14Cl3N3O3S. The van der Waals surface area contributed by atoms with Gasteiger partial charge in [0.25, 0.3) is 5.91 Å². The number of sulfonamides is 1. The molecule has 134 valence electrons. The second kappa shape index (κ2) is 7.17. The molecule has 1 aromatic heterocycles. The highest BCUT2D eigenvalue weighted by atomic mass is 35.5. The number of nitrogens with zero attached hydrogens (tertiary/aromatic N) is 2. The summed E-state index contributed by atoms with van der Waals surface area (Å²) in [4.78, 5) is 16.8. The van der Waals surface area contributed by atoms with Gasteiger partial charge in [-0.05, 0) is 18.2 Å². The number of aromatic nitrogens is 1. The lowest BCUT2D eigenvalue weighted by Crippen LogP contribution is -2.50. The van der Waals surface area contributed by atoms with E-state index in [2.05, 4.69) is 4.98 Å². The Morgan fingerprint density at radius 1 is 1.00 bits per heavy atom. The van der Waals surface area contributed by atoms with Gasteiger partial charge in [0.15, 0.2) is 0 Å². The van der Waals surface area contributed by atoms with Crippen molar-refractivity contribution < 1.29 is 13.2 Å². The highest BCUT2D eigenvalue weighted by Crippen LogP contribution is 2.26. The van der Waals surface area contributed by atoms with Gasteiger partial charge in [0.2, 0.25) is 10.0 Å². The molecule has 0 saturated carbocycles. The summed E-state index contributed by atoms with van der Waals surface area (Å²) in [6.45, 7) is 0.885. The van der Waals surface area contributed by atoms with Crippen LogP contribution in [0.15, 0.2) is 35.2 Å². The van der Waals surface area contributed by atoms with Crippen molar-refractivity contribution in [2.75, 3.05) is 26.2 Å². The van der Waals surface area contributed by atoms with E-state index in [1.807, 2.05) is 0 Å². The van der Waals surface area contributed by atoms with Crippen LogP contribution >= 0.6 is 34.8 Å². The maximum absolute atomic E-state index is 12.7. The Morgan fingerprint density at radius 3 is 2.20 bits per heavy atom. The largest absolute Gasteiger partial charge is 0.340 e. The first-order valence-electron chi connectivity index (χ1n) is 7.38. The van der Waals surface area contributed by atoms with E-state index < -0.39 is 10.0 Å². The van der Waals surface area contributed by atoms with Crippen LogP contribution in [-0.4, -0.2) is 54.7 Å². The number of carbonyl (C=O) groups excluding carboxylic acids is 1. The Bertz CT molecular complexity index is 886. The number of H-pyrrole nitrogens is 1. The number of benzene rings is 1. The smallest absolute Gasteiger partial charge is 0.270 e. The van der Waals surface area contributed by atoms with E-state index in [-0.39, 0.29) is 57.9 Å². The van der Waals surface area contributed by atoms with Crippen molar-refractivity contribution in [1.29, 1.82) is 0 Å². The zero-order valence-corrected chi connectivity index (χ0v) is 16.0. The number of rotatable bonds is 3. The third-order valence-electron chi connectivity index (χ3n) is 3.94. The molecule has 0 bridgehead atoms. The Balaban J connectivity index is 1.71. The Morgan fingerprint density at radius 2 is 1.64 bits per heavy atom. The quantitative estimate of drug-likeness (QED) is 0.826. The van der Waals surface area contributed by atoms with Crippen molar-refractivity contribution in [2.45, 2.75) is 4.90 Å². The summed E-state index contributed by atoms with van der Waals surface area (Å²) in [6.07, 6.45) is 0. The van der Waals surface area contributed by atoms with Gasteiger partial charge in [0.05, 0.1) is 10.0 Å². The molecule has 25 heavy (non-hydrogen) atoms. The molecule has 3 rings (SSSR count). The van der Waals surface area contributed by atoms with E-state index in [1.165, 1.54) is 22.5 Å². The summed E-state index contributed by atoms with van der Waals surface area (Å²) in [5.74, 6) is -0.274. The van der Waals surface area contributed by atoms with E-state index in [4.69, 9.17) is 34.8 Å². The molecule has 1 aliphatic rings. The van der Waals surface area contributed by atoms with Gasteiger partial charge in [0, 0.05) is 26.2 Å². The van der Waals surface area contributed by atoms with Gasteiger partial charge in [0.1, 0.15) is 15.7 Å². The van der Waals surface area contributed by atoms with Gasteiger partial charge < -0.3 is 9.88 Å². The second-order valence-corrected chi connectivity index (χ2v) is 8.57. The molecule has 1 amide bonds. The molecule has 2 aromatic rings. The second-order valence-electron chi connectivity index (χ2n) is 5.47. The van der Waals surface area contributed by atoms with Crippen LogP contribution in [0.2, 0.25) is 15.2 Å². The summed E-state index contributed by atoms with van der Waals surface area (Å²) < 4.78 is 26.7. The van der Waals surface area contributed by atoms with Crippen LogP contribution in [0.3, 0.4) is 0 Å². The topological polar surface area (TPSA) is 73.5 Å². The first kappa shape index (κ1) is 18.5. The highest BCUT2D eigenvalue weighted by molar-refractivity contribution is 7.89. The molecule has 0 aliphatic carbocycles.